The number of nitrogens with one attached hydrogen (secondary N) is 1. The van der Waals surface area contributed by atoms with Crippen LogP contribution in [0.4, 0.5) is 5.69 Å². The van der Waals surface area contributed by atoms with Crippen molar-refractivity contribution in [3.8, 4) is 21.8 Å². The minimum absolute atomic E-state index is 0.0310. The van der Waals surface area contributed by atoms with Gasteiger partial charge >= 0.3 is 0 Å². The van der Waals surface area contributed by atoms with Crippen molar-refractivity contribution in [3.05, 3.63) is 65.3 Å². The molecule has 1 aromatic carbocycles. The number of nitrogens with zero attached hydrogens (tertiary/aromatic N) is 4. The maximum atomic E-state index is 12.5. The molecular formula is C21H17N5OS2. The summed E-state index contributed by atoms with van der Waals surface area (Å²) in [6.07, 6.45) is 3.91. The Morgan fingerprint density at radius 2 is 2.14 bits per heavy atom. The lowest BCUT2D eigenvalue weighted by atomic mass is 10.1. The molecule has 0 aliphatic carbocycles. The Morgan fingerprint density at radius 3 is 3.03 bits per heavy atom. The second-order valence-electron chi connectivity index (χ2n) is 6.63. The number of thiazole rings is 1. The van der Waals surface area contributed by atoms with E-state index in [9.17, 15) is 4.79 Å². The van der Waals surface area contributed by atoms with Gasteiger partial charge in [-0.3, -0.25) is 14.8 Å². The van der Waals surface area contributed by atoms with Crippen LogP contribution in [0.5, 0.6) is 0 Å². The summed E-state index contributed by atoms with van der Waals surface area (Å²) in [6, 6.07) is 11.7. The van der Waals surface area contributed by atoms with Gasteiger partial charge in [0.05, 0.1) is 18.7 Å². The smallest absolute Gasteiger partial charge is 0.230 e. The minimum Gasteiger partial charge on any atom is -0.326 e. The highest BCUT2D eigenvalue weighted by Crippen LogP contribution is 2.32. The quantitative estimate of drug-likeness (QED) is 0.661. The third kappa shape index (κ3) is 3.81. The molecule has 0 radical (unpaired) electrons. The van der Waals surface area contributed by atoms with Gasteiger partial charge in [0.15, 0.2) is 5.17 Å². The van der Waals surface area contributed by atoms with Crippen LogP contribution in [0.2, 0.25) is 0 Å². The zero-order chi connectivity index (χ0) is 19.6. The van der Waals surface area contributed by atoms with Crippen LogP contribution < -0.4 is 5.32 Å². The number of aliphatic imine (C=N–C) groups is 1. The molecule has 0 fully saturated rings. The number of hydrogen-bond donors (Lipinski definition) is 1. The SMILES string of the molecule is O=C(CC1=CSC2=NCCN12)Nc1cccc(-c2csc(-c3cccnc3)n2)c1. The van der Waals surface area contributed by atoms with Gasteiger partial charge in [-0.2, -0.15) is 0 Å². The van der Waals surface area contributed by atoms with E-state index in [4.69, 9.17) is 4.98 Å². The first-order chi connectivity index (χ1) is 14.3. The highest BCUT2D eigenvalue weighted by atomic mass is 32.2. The van der Waals surface area contributed by atoms with Crippen molar-refractivity contribution < 1.29 is 4.79 Å². The molecule has 2 aromatic heterocycles. The van der Waals surface area contributed by atoms with Crippen LogP contribution in [0.15, 0.2) is 70.3 Å². The number of rotatable bonds is 5. The molecule has 0 saturated carbocycles. The third-order valence-corrected chi connectivity index (χ3v) is 6.49. The summed E-state index contributed by atoms with van der Waals surface area (Å²) in [4.78, 5) is 28.0. The molecule has 144 valence electrons. The average molecular weight is 420 g/mol. The van der Waals surface area contributed by atoms with Crippen LogP contribution in [0.3, 0.4) is 0 Å². The number of anilines is 1. The highest BCUT2D eigenvalue weighted by molar-refractivity contribution is 8.16. The number of aromatic nitrogens is 2. The fraction of sp³-hybridized carbons (Fsp3) is 0.143. The van der Waals surface area contributed by atoms with Gasteiger partial charge in [-0.15, -0.1) is 11.3 Å². The molecule has 6 nitrogen and oxygen atoms in total. The minimum atomic E-state index is -0.0310. The van der Waals surface area contributed by atoms with Gasteiger partial charge in [0.1, 0.15) is 5.01 Å². The zero-order valence-electron chi connectivity index (χ0n) is 15.4. The van der Waals surface area contributed by atoms with Gasteiger partial charge in [-0.05, 0) is 29.7 Å². The Kier molecular flexibility index (Phi) is 4.87. The molecular weight excluding hydrogens is 402 g/mol. The number of carbonyl (C=O) groups is 1. The highest BCUT2D eigenvalue weighted by Gasteiger charge is 2.27. The van der Waals surface area contributed by atoms with E-state index in [0.29, 0.717) is 6.42 Å². The van der Waals surface area contributed by atoms with Crippen molar-refractivity contribution in [1.82, 2.24) is 14.9 Å². The van der Waals surface area contributed by atoms with E-state index < -0.39 is 0 Å². The predicted octanol–water partition coefficient (Wildman–Crippen LogP) is 4.46. The summed E-state index contributed by atoms with van der Waals surface area (Å²) in [7, 11) is 0. The number of benzene rings is 1. The van der Waals surface area contributed by atoms with Crippen molar-refractivity contribution in [1.29, 1.82) is 0 Å². The summed E-state index contributed by atoms with van der Waals surface area (Å²) in [5.74, 6) is -0.0310. The molecule has 0 bridgehead atoms. The molecule has 5 rings (SSSR count). The maximum absolute atomic E-state index is 12.5. The van der Waals surface area contributed by atoms with Crippen LogP contribution in [-0.2, 0) is 4.79 Å². The molecule has 4 heterocycles. The van der Waals surface area contributed by atoms with Gasteiger partial charge < -0.3 is 10.2 Å². The number of carbonyl (C=O) groups excluding carboxylic acids is 1. The number of fused-ring (bicyclic) bond motifs is 1. The molecule has 2 aliphatic heterocycles. The van der Waals surface area contributed by atoms with Crippen molar-refractivity contribution in [2.24, 2.45) is 4.99 Å². The first-order valence-electron chi connectivity index (χ1n) is 9.20. The summed E-state index contributed by atoms with van der Waals surface area (Å²) in [5.41, 5.74) is 4.64. The third-order valence-electron chi connectivity index (χ3n) is 4.65. The number of amides is 1. The topological polar surface area (TPSA) is 70.5 Å². The second-order valence-corrected chi connectivity index (χ2v) is 8.32. The van der Waals surface area contributed by atoms with Crippen LogP contribution in [0, 0.1) is 0 Å². The standard InChI is InChI=1S/C21H17N5OS2/c27-19(10-17-12-29-21-23-7-8-26(17)21)24-16-5-1-3-14(9-16)18-13-28-20(25-18)15-4-2-6-22-11-15/h1-6,9,11-13H,7-8,10H2,(H,24,27). The van der Waals surface area contributed by atoms with Gasteiger partial charge in [-0.25, -0.2) is 4.98 Å². The first kappa shape index (κ1) is 18.1. The molecule has 8 heteroatoms. The van der Waals surface area contributed by atoms with Crippen molar-refractivity contribution in [2.75, 3.05) is 18.4 Å². The molecule has 0 atom stereocenters. The molecule has 1 N–H and O–H groups in total. The van der Waals surface area contributed by atoms with Crippen molar-refractivity contribution >= 4 is 39.9 Å². The zero-order valence-corrected chi connectivity index (χ0v) is 17.0. The van der Waals surface area contributed by atoms with E-state index in [1.165, 1.54) is 0 Å². The van der Waals surface area contributed by atoms with Crippen LogP contribution in [0.1, 0.15) is 6.42 Å². The molecule has 0 spiro atoms. The Hall–Kier alpha value is -2.97. The lowest BCUT2D eigenvalue weighted by molar-refractivity contribution is -0.115. The molecule has 0 saturated heterocycles. The Labute approximate surface area is 176 Å². The van der Waals surface area contributed by atoms with Gasteiger partial charge in [0.2, 0.25) is 5.91 Å². The van der Waals surface area contributed by atoms with E-state index >= 15 is 0 Å². The fourth-order valence-corrected chi connectivity index (χ4v) is 5.04. The number of amidine groups is 1. The largest absolute Gasteiger partial charge is 0.326 e. The molecule has 3 aromatic rings. The van der Waals surface area contributed by atoms with Crippen LogP contribution >= 0.6 is 23.1 Å². The summed E-state index contributed by atoms with van der Waals surface area (Å²) in [5, 5.41) is 8.98. The monoisotopic (exact) mass is 419 g/mol. The van der Waals surface area contributed by atoms with E-state index in [1.807, 2.05) is 53.4 Å². The van der Waals surface area contributed by atoms with E-state index in [1.54, 1.807) is 29.3 Å². The van der Waals surface area contributed by atoms with Crippen molar-refractivity contribution in [2.45, 2.75) is 6.42 Å². The fourth-order valence-electron chi connectivity index (χ4n) is 3.27. The number of thioether (sulfide) groups is 1. The Morgan fingerprint density at radius 1 is 1.21 bits per heavy atom. The Balaban J connectivity index is 1.28. The van der Waals surface area contributed by atoms with Gasteiger partial charge in [-0.1, -0.05) is 23.9 Å². The summed E-state index contributed by atoms with van der Waals surface area (Å²) >= 11 is 3.17. The Bertz CT molecular complexity index is 1120. The molecule has 0 unspecified atom stereocenters. The molecule has 29 heavy (non-hydrogen) atoms. The normalized spacial score (nSPS) is 15.1. The van der Waals surface area contributed by atoms with E-state index in [-0.39, 0.29) is 5.91 Å². The summed E-state index contributed by atoms with van der Waals surface area (Å²) in [6.45, 7) is 1.66. The number of hydrogen-bond acceptors (Lipinski definition) is 7. The lowest BCUT2D eigenvalue weighted by Gasteiger charge is -2.16. The number of pyridine rings is 1. The van der Waals surface area contributed by atoms with Crippen molar-refractivity contribution in [3.63, 3.8) is 0 Å². The maximum Gasteiger partial charge on any atom is 0.230 e. The van der Waals surface area contributed by atoms with E-state index in [2.05, 4.69) is 20.2 Å². The molecule has 2 aliphatic rings. The van der Waals surface area contributed by atoms with Crippen LogP contribution in [0.25, 0.3) is 21.8 Å². The molecule has 1 amide bonds. The average Bonchev–Trinajstić information content (AvgIpc) is 3.48. The van der Waals surface area contributed by atoms with E-state index in [0.717, 1.165) is 51.5 Å². The lowest BCUT2D eigenvalue weighted by Crippen LogP contribution is -2.24. The predicted molar refractivity (Wildman–Crippen MR) is 119 cm³/mol. The van der Waals surface area contributed by atoms with Gasteiger partial charge in [0, 0.05) is 46.8 Å². The summed E-state index contributed by atoms with van der Waals surface area (Å²) < 4.78 is 0. The second kappa shape index (κ2) is 7.81. The van der Waals surface area contributed by atoms with Crippen LogP contribution in [-0.4, -0.2) is 39.0 Å². The van der Waals surface area contributed by atoms with Gasteiger partial charge in [0.25, 0.3) is 0 Å². The first-order valence-corrected chi connectivity index (χ1v) is 11.0.